The number of rotatable bonds is 4. The highest BCUT2D eigenvalue weighted by molar-refractivity contribution is 6.04. The Morgan fingerprint density at radius 2 is 0.826 bits per heavy atom. The summed E-state index contributed by atoms with van der Waals surface area (Å²) in [7, 11) is 0. The Labute approximate surface area is 264 Å². The first-order valence-corrected chi connectivity index (χ1v) is 15.1. The second-order valence-corrected chi connectivity index (χ2v) is 11.3. The predicted molar refractivity (Wildman–Crippen MR) is 185 cm³/mol. The van der Waals surface area contributed by atoms with Gasteiger partial charge in [0.2, 0.25) is 0 Å². The van der Waals surface area contributed by atoms with Gasteiger partial charge in [-0.25, -0.2) is 4.98 Å². The van der Waals surface area contributed by atoms with Crippen LogP contribution >= 0.6 is 0 Å². The highest BCUT2D eigenvalue weighted by atomic mass is 14.8. The van der Waals surface area contributed by atoms with E-state index in [0.717, 1.165) is 88.5 Å². The summed E-state index contributed by atoms with van der Waals surface area (Å²) < 4.78 is 0. The Kier molecular flexibility index (Phi) is 6.03. The Morgan fingerprint density at radius 1 is 0.304 bits per heavy atom. The van der Waals surface area contributed by atoms with E-state index >= 15 is 0 Å². The number of benzene rings is 3. The standard InChI is InChI=1S/C40H24N6/c1-2-16-41-34(7-1)26-10-8-25(9-11-26)31-21-35(32-19-29-14-12-27-5-3-17-42-37(27)39(29)44-23-32)46-36(22-31)33-20-30-15-13-28-6-4-18-43-38(28)40(30)45-24-33/h1-24H. The van der Waals surface area contributed by atoms with Crippen LogP contribution in [0.15, 0.2) is 146 Å². The summed E-state index contributed by atoms with van der Waals surface area (Å²) in [5.74, 6) is 0. The molecule has 6 heterocycles. The topological polar surface area (TPSA) is 77.3 Å². The monoisotopic (exact) mass is 588 g/mol. The smallest absolute Gasteiger partial charge is 0.0965 e. The van der Waals surface area contributed by atoms with Crippen molar-refractivity contribution in [1.82, 2.24) is 29.9 Å². The lowest BCUT2D eigenvalue weighted by Crippen LogP contribution is -1.94. The lowest BCUT2D eigenvalue weighted by Gasteiger charge is -2.12. The molecule has 0 saturated carbocycles. The van der Waals surface area contributed by atoms with E-state index in [0.29, 0.717) is 0 Å². The van der Waals surface area contributed by atoms with Gasteiger partial charge in [-0.15, -0.1) is 0 Å². The number of fused-ring (bicyclic) bond motifs is 6. The molecular weight excluding hydrogens is 564 g/mol. The molecule has 0 unspecified atom stereocenters. The Morgan fingerprint density at radius 3 is 1.39 bits per heavy atom. The molecule has 9 aromatic rings. The molecule has 0 radical (unpaired) electrons. The van der Waals surface area contributed by atoms with Crippen molar-refractivity contribution in [2.75, 3.05) is 0 Å². The zero-order valence-electron chi connectivity index (χ0n) is 24.5. The van der Waals surface area contributed by atoms with Gasteiger partial charge in [-0.2, -0.15) is 0 Å². The number of nitrogens with zero attached hydrogens (tertiary/aromatic N) is 6. The zero-order valence-corrected chi connectivity index (χ0v) is 24.5. The molecule has 0 fully saturated rings. The van der Waals surface area contributed by atoms with Crippen LogP contribution in [0.4, 0.5) is 0 Å². The van der Waals surface area contributed by atoms with Gasteiger partial charge in [0.05, 0.1) is 39.1 Å². The third-order valence-electron chi connectivity index (χ3n) is 8.44. The van der Waals surface area contributed by atoms with Gasteiger partial charge in [0.15, 0.2) is 0 Å². The average molecular weight is 589 g/mol. The molecule has 0 saturated heterocycles. The molecule has 0 atom stereocenters. The van der Waals surface area contributed by atoms with Crippen LogP contribution in [0.1, 0.15) is 0 Å². The average Bonchev–Trinajstić information content (AvgIpc) is 3.14. The molecule has 9 rings (SSSR count). The quantitative estimate of drug-likeness (QED) is 0.191. The van der Waals surface area contributed by atoms with E-state index in [2.05, 4.69) is 99.9 Å². The summed E-state index contributed by atoms with van der Waals surface area (Å²) in [5.41, 5.74) is 11.2. The number of pyridine rings is 6. The lowest BCUT2D eigenvalue weighted by molar-refractivity contribution is 1.29. The van der Waals surface area contributed by atoms with Crippen molar-refractivity contribution in [2.45, 2.75) is 0 Å². The first-order chi connectivity index (χ1) is 22.8. The van der Waals surface area contributed by atoms with Crippen LogP contribution in [0.5, 0.6) is 0 Å². The van der Waals surface area contributed by atoms with Crippen molar-refractivity contribution in [3.05, 3.63) is 146 Å². The minimum Gasteiger partial charge on any atom is -0.256 e. The molecule has 0 N–H and O–H groups in total. The van der Waals surface area contributed by atoms with Crippen molar-refractivity contribution in [2.24, 2.45) is 0 Å². The maximum atomic E-state index is 5.18. The Bertz CT molecular complexity index is 2440. The molecule has 0 bridgehead atoms. The van der Waals surface area contributed by atoms with E-state index in [9.17, 15) is 0 Å². The van der Waals surface area contributed by atoms with Gasteiger partial charge in [-0.05, 0) is 59.7 Å². The Hall–Kier alpha value is -6.40. The first kappa shape index (κ1) is 26.0. The van der Waals surface area contributed by atoms with Crippen molar-refractivity contribution < 1.29 is 0 Å². The van der Waals surface area contributed by atoms with Gasteiger partial charge in [-0.3, -0.25) is 24.9 Å². The van der Waals surface area contributed by atoms with E-state index in [-0.39, 0.29) is 0 Å². The normalized spacial score (nSPS) is 11.5. The minimum atomic E-state index is 0.831. The first-order valence-electron chi connectivity index (χ1n) is 15.1. The molecule has 0 aliphatic carbocycles. The molecule has 6 heteroatoms. The van der Waals surface area contributed by atoms with Gasteiger partial charge in [0.1, 0.15) is 0 Å². The van der Waals surface area contributed by atoms with E-state index in [4.69, 9.17) is 15.0 Å². The van der Waals surface area contributed by atoms with Gasteiger partial charge < -0.3 is 0 Å². The van der Waals surface area contributed by atoms with E-state index < -0.39 is 0 Å². The van der Waals surface area contributed by atoms with Crippen LogP contribution in [0.2, 0.25) is 0 Å². The number of aromatic nitrogens is 6. The number of hydrogen-bond acceptors (Lipinski definition) is 6. The second kappa shape index (κ2) is 10.6. The summed E-state index contributed by atoms with van der Waals surface area (Å²) in [6.07, 6.45) is 9.23. The summed E-state index contributed by atoms with van der Waals surface area (Å²) in [5, 5.41) is 4.17. The molecule has 0 amide bonds. The van der Waals surface area contributed by atoms with Crippen molar-refractivity contribution >= 4 is 43.6 Å². The van der Waals surface area contributed by atoms with Gasteiger partial charge >= 0.3 is 0 Å². The minimum absolute atomic E-state index is 0.831. The molecular formula is C40H24N6. The maximum Gasteiger partial charge on any atom is 0.0965 e. The van der Waals surface area contributed by atoms with E-state index in [1.54, 1.807) is 0 Å². The fraction of sp³-hybridized carbons (Fsp3) is 0. The van der Waals surface area contributed by atoms with E-state index in [1.807, 2.05) is 61.3 Å². The van der Waals surface area contributed by atoms with Crippen LogP contribution in [-0.2, 0) is 0 Å². The molecule has 6 aromatic heterocycles. The molecule has 0 spiro atoms. The molecule has 3 aromatic carbocycles. The fourth-order valence-corrected chi connectivity index (χ4v) is 6.11. The Balaban J connectivity index is 1.20. The lowest BCUT2D eigenvalue weighted by atomic mass is 9.98. The van der Waals surface area contributed by atoms with Crippen LogP contribution < -0.4 is 0 Å². The van der Waals surface area contributed by atoms with Crippen molar-refractivity contribution in [1.29, 1.82) is 0 Å². The molecule has 46 heavy (non-hydrogen) atoms. The predicted octanol–water partition coefficient (Wildman–Crippen LogP) is 9.34. The SMILES string of the molecule is c1ccc(-c2ccc(-c3cc(-c4cnc5c(ccc6cccnc65)c4)nc(-c4cnc5c(ccc6cccnc65)c4)c3)cc2)nc1. The third-order valence-corrected chi connectivity index (χ3v) is 8.44. The van der Waals surface area contributed by atoms with Crippen LogP contribution in [-0.4, -0.2) is 29.9 Å². The van der Waals surface area contributed by atoms with E-state index in [1.165, 1.54) is 0 Å². The summed E-state index contributed by atoms with van der Waals surface area (Å²) in [6.45, 7) is 0. The van der Waals surface area contributed by atoms with Gasteiger partial charge in [0.25, 0.3) is 0 Å². The second-order valence-electron chi connectivity index (χ2n) is 11.3. The highest BCUT2D eigenvalue weighted by Crippen LogP contribution is 2.34. The third kappa shape index (κ3) is 4.52. The molecule has 214 valence electrons. The zero-order chi connectivity index (χ0) is 30.5. The fourth-order valence-electron chi connectivity index (χ4n) is 6.11. The van der Waals surface area contributed by atoms with Crippen molar-refractivity contribution in [3.63, 3.8) is 0 Å². The van der Waals surface area contributed by atoms with Crippen LogP contribution in [0, 0.1) is 0 Å². The van der Waals surface area contributed by atoms with Crippen molar-refractivity contribution in [3.8, 4) is 44.9 Å². The summed E-state index contributed by atoms with van der Waals surface area (Å²) in [4.78, 5) is 28.6. The van der Waals surface area contributed by atoms with Gasteiger partial charge in [-0.1, -0.05) is 66.7 Å². The van der Waals surface area contributed by atoms with Gasteiger partial charge in [0, 0.05) is 69.2 Å². The molecule has 6 nitrogen and oxygen atoms in total. The summed E-state index contributed by atoms with van der Waals surface area (Å²) in [6, 6.07) is 39.4. The largest absolute Gasteiger partial charge is 0.256 e. The molecule has 0 aliphatic heterocycles. The number of hydrogen-bond donors (Lipinski definition) is 0. The molecule has 0 aliphatic rings. The maximum absolute atomic E-state index is 5.18. The van der Waals surface area contributed by atoms with Crippen LogP contribution in [0.3, 0.4) is 0 Å². The highest BCUT2D eigenvalue weighted by Gasteiger charge is 2.13. The summed E-state index contributed by atoms with van der Waals surface area (Å²) >= 11 is 0. The van der Waals surface area contributed by atoms with Crippen LogP contribution in [0.25, 0.3) is 88.5 Å².